The minimum Gasteiger partial charge on any atom is -0.497 e. The second-order valence-electron chi connectivity index (χ2n) is 11.9. The van der Waals surface area contributed by atoms with Gasteiger partial charge in [0.25, 0.3) is 5.56 Å². The number of nitrogens with one attached hydrogen (secondary N) is 1. The Labute approximate surface area is 234 Å². The predicted molar refractivity (Wildman–Crippen MR) is 156 cm³/mol. The summed E-state index contributed by atoms with van der Waals surface area (Å²) >= 11 is 0. The van der Waals surface area contributed by atoms with E-state index < -0.39 is 0 Å². The molecule has 1 heterocycles. The van der Waals surface area contributed by atoms with Crippen LogP contribution in [0.25, 0.3) is 10.9 Å². The Morgan fingerprint density at radius 1 is 1.27 bits per heavy atom. The highest BCUT2D eigenvalue weighted by molar-refractivity contribution is 5.95. The van der Waals surface area contributed by atoms with Crippen molar-refractivity contribution in [3.63, 3.8) is 0 Å². The zero-order valence-electron chi connectivity index (χ0n) is 24.0. The summed E-state index contributed by atoms with van der Waals surface area (Å²) in [5.74, 6) is 2.67. The van der Waals surface area contributed by atoms with Crippen LogP contribution in [-0.2, 0) is 13.0 Å². The van der Waals surface area contributed by atoms with Crippen molar-refractivity contribution >= 4 is 22.5 Å². The first-order valence-corrected chi connectivity index (χ1v) is 14.1. The van der Waals surface area contributed by atoms with Crippen molar-refractivity contribution in [2.24, 2.45) is 28.2 Å². The quantitative estimate of drug-likeness (QED) is 0.317. The van der Waals surface area contributed by atoms with Crippen molar-refractivity contribution in [1.29, 1.82) is 0 Å². The molecule has 3 saturated carbocycles. The molecule has 2 N–H and O–H groups in total. The number of likely N-dealkylation sites (N-methyl/N-ethyl adjacent to an activating group) is 1. The van der Waals surface area contributed by atoms with Crippen LogP contribution in [0.15, 0.2) is 52.5 Å². The van der Waals surface area contributed by atoms with Gasteiger partial charge in [0.2, 0.25) is 0 Å². The molecule has 0 amide bonds. The molecule has 3 fully saturated rings. The number of rotatable bonds is 8. The van der Waals surface area contributed by atoms with E-state index in [4.69, 9.17) is 9.73 Å². The van der Waals surface area contributed by atoms with Crippen LogP contribution in [0.1, 0.15) is 39.2 Å². The Kier molecular flexibility index (Phi) is 7.86. The largest absolute Gasteiger partial charge is 0.497 e. The fraction of sp³-hybridized carbons (Fsp3) is 0.516. The number of aliphatic hydroxyl groups is 1. The smallest absolute Gasteiger partial charge is 0.261 e. The normalized spacial score (nSPS) is 23.5. The molecule has 0 unspecified atom stereocenters. The molecule has 3 aliphatic rings. The fourth-order valence-electron chi connectivity index (χ4n) is 6.56. The van der Waals surface area contributed by atoms with Gasteiger partial charge in [-0.3, -0.25) is 9.36 Å². The van der Waals surface area contributed by atoms with E-state index >= 15 is 0 Å². The number of hydrogen-bond acceptors (Lipinski definition) is 5. The SMILES string of the molecule is COc1ccc(CCn2cnc3cc(N/C(=N/[C@H]4C[C@@H]5C[C@H]([C@@H]4C)C5(C)C)N(C)CCO)ccc3c2=O)c(F)c1. The maximum Gasteiger partial charge on any atom is 0.261 e. The topological polar surface area (TPSA) is 92.0 Å². The van der Waals surface area contributed by atoms with Crippen molar-refractivity contribution in [3.05, 3.63) is 64.5 Å². The number of guanidine groups is 1. The number of hydrogen-bond donors (Lipinski definition) is 2. The molecule has 214 valence electrons. The molecule has 8 nitrogen and oxygen atoms in total. The summed E-state index contributed by atoms with van der Waals surface area (Å²) in [4.78, 5) is 24.8. The maximum absolute atomic E-state index is 14.4. The van der Waals surface area contributed by atoms with E-state index in [2.05, 4.69) is 31.1 Å². The number of aliphatic hydroxyl groups excluding tert-OH is 1. The van der Waals surface area contributed by atoms with Gasteiger partial charge in [-0.1, -0.05) is 26.8 Å². The standard InChI is InChI=1S/C31H40FN5O3/c1-19-25-14-21(31(25,2)3)15-27(19)35-30(36(4)12-13-38)34-22-7-9-24-28(16-22)33-18-37(29(24)39)11-10-20-6-8-23(40-5)17-26(20)32/h6-9,16-19,21,25,27,38H,10-15H2,1-5H3,(H,34,35)/t19-,21-,25+,27-/m0/s1. The van der Waals surface area contributed by atoms with Crippen LogP contribution in [0, 0.1) is 29.0 Å². The number of ether oxygens (including phenoxy) is 1. The van der Waals surface area contributed by atoms with Gasteiger partial charge in [0, 0.05) is 31.9 Å². The van der Waals surface area contributed by atoms with Crippen LogP contribution in [0.4, 0.5) is 10.1 Å². The molecule has 0 spiro atoms. The third kappa shape index (κ3) is 5.31. The minimum atomic E-state index is -0.358. The molecule has 9 heteroatoms. The summed E-state index contributed by atoms with van der Waals surface area (Å²) in [6.07, 6.45) is 4.24. The molecule has 2 aromatic carbocycles. The monoisotopic (exact) mass is 549 g/mol. The lowest BCUT2D eigenvalue weighted by Crippen LogP contribution is -2.56. The van der Waals surface area contributed by atoms with E-state index in [1.54, 1.807) is 18.2 Å². The third-order valence-electron chi connectivity index (χ3n) is 9.36. The lowest BCUT2D eigenvalue weighted by molar-refractivity contribution is -0.108. The van der Waals surface area contributed by atoms with Crippen molar-refractivity contribution in [1.82, 2.24) is 14.5 Å². The van der Waals surface area contributed by atoms with Crippen LogP contribution in [0.5, 0.6) is 5.75 Å². The van der Waals surface area contributed by atoms with Crippen LogP contribution in [-0.4, -0.2) is 58.9 Å². The Morgan fingerprint density at radius 2 is 2.08 bits per heavy atom. The lowest BCUT2D eigenvalue weighted by atomic mass is 9.45. The van der Waals surface area contributed by atoms with Crippen molar-refractivity contribution in [3.8, 4) is 5.75 Å². The highest BCUT2D eigenvalue weighted by Gasteiger charge is 2.56. The predicted octanol–water partition coefficient (Wildman–Crippen LogP) is 4.55. The van der Waals surface area contributed by atoms with Crippen molar-refractivity contribution < 1.29 is 14.2 Å². The molecule has 0 aliphatic heterocycles. The molecular weight excluding hydrogens is 509 g/mol. The number of fused-ring (bicyclic) bond motifs is 3. The molecule has 0 saturated heterocycles. The molecule has 4 atom stereocenters. The summed E-state index contributed by atoms with van der Waals surface area (Å²) in [7, 11) is 3.42. The molecule has 3 aromatic rings. The van der Waals surface area contributed by atoms with Crippen LogP contribution >= 0.6 is 0 Å². The Bertz CT molecular complexity index is 1470. The van der Waals surface area contributed by atoms with Gasteiger partial charge in [-0.05, 0) is 72.3 Å². The van der Waals surface area contributed by atoms with Crippen LogP contribution in [0.3, 0.4) is 0 Å². The zero-order valence-corrected chi connectivity index (χ0v) is 24.0. The number of anilines is 1. The maximum atomic E-state index is 14.4. The number of aryl methyl sites for hydroxylation is 2. The second-order valence-corrected chi connectivity index (χ2v) is 11.9. The average Bonchev–Trinajstić information content (AvgIpc) is 2.93. The summed E-state index contributed by atoms with van der Waals surface area (Å²) in [5, 5.41) is 13.5. The van der Waals surface area contributed by atoms with Gasteiger partial charge < -0.3 is 20.1 Å². The van der Waals surface area contributed by atoms with E-state index in [0.29, 0.717) is 70.9 Å². The summed E-state index contributed by atoms with van der Waals surface area (Å²) in [6, 6.07) is 10.4. The molecule has 0 radical (unpaired) electrons. The van der Waals surface area contributed by atoms with Gasteiger partial charge in [0.15, 0.2) is 5.96 Å². The first kappa shape index (κ1) is 28.1. The molecule has 40 heavy (non-hydrogen) atoms. The Hall–Kier alpha value is -3.46. The van der Waals surface area contributed by atoms with E-state index in [-0.39, 0.29) is 24.0 Å². The van der Waals surface area contributed by atoms with Crippen molar-refractivity contribution in [2.45, 2.75) is 52.6 Å². The zero-order chi connectivity index (χ0) is 28.6. The highest BCUT2D eigenvalue weighted by atomic mass is 19.1. The average molecular weight is 550 g/mol. The van der Waals surface area contributed by atoms with Crippen molar-refractivity contribution in [2.75, 3.05) is 32.6 Å². The lowest BCUT2D eigenvalue weighted by Gasteiger charge is -2.61. The molecule has 2 bridgehead atoms. The van der Waals surface area contributed by atoms with Gasteiger partial charge in [-0.15, -0.1) is 0 Å². The summed E-state index contributed by atoms with van der Waals surface area (Å²) < 4.78 is 20.9. The summed E-state index contributed by atoms with van der Waals surface area (Å²) in [6.45, 7) is 7.87. The third-order valence-corrected chi connectivity index (χ3v) is 9.36. The van der Waals surface area contributed by atoms with E-state index in [1.165, 1.54) is 30.5 Å². The first-order chi connectivity index (χ1) is 19.1. The first-order valence-electron chi connectivity index (χ1n) is 14.1. The number of methoxy groups -OCH3 is 1. The van der Waals surface area contributed by atoms with Gasteiger partial charge >= 0.3 is 0 Å². The fourth-order valence-corrected chi connectivity index (χ4v) is 6.56. The van der Waals surface area contributed by atoms with Gasteiger partial charge in [-0.25, -0.2) is 14.4 Å². The number of nitrogens with zero attached hydrogens (tertiary/aromatic N) is 4. The number of aliphatic imine (C=N–C) groups is 1. The molecular formula is C31H40FN5O3. The summed E-state index contributed by atoms with van der Waals surface area (Å²) in [5.41, 5.74) is 2.07. The number of aromatic nitrogens is 2. The number of halogens is 1. The van der Waals surface area contributed by atoms with Gasteiger partial charge in [0.1, 0.15) is 11.6 Å². The van der Waals surface area contributed by atoms with E-state index in [1.807, 2.05) is 24.1 Å². The molecule has 3 aliphatic carbocycles. The minimum absolute atomic E-state index is 0.0228. The van der Waals surface area contributed by atoms with Gasteiger partial charge in [0.05, 0.1) is 37.0 Å². The highest BCUT2D eigenvalue weighted by Crippen LogP contribution is 2.61. The Balaban J connectivity index is 1.34. The molecule has 1 aromatic heterocycles. The van der Waals surface area contributed by atoms with Gasteiger partial charge in [-0.2, -0.15) is 0 Å². The number of benzene rings is 2. The molecule has 6 rings (SSSR count). The van der Waals surface area contributed by atoms with Crippen LogP contribution in [0.2, 0.25) is 0 Å². The Morgan fingerprint density at radius 3 is 2.75 bits per heavy atom. The van der Waals surface area contributed by atoms with Crippen LogP contribution < -0.4 is 15.6 Å². The second kappa shape index (κ2) is 11.2. The van der Waals surface area contributed by atoms with E-state index in [0.717, 1.165) is 12.1 Å². The van der Waals surface area contributed by atoms with E-state index in [9.17, 15) is 14.3 Å².